The molecule has 0 heterocycles. The van der Waals surface area contributed by atoms with Gasteiger partial charge in [-0.15, -0.1) is 0 Å². The molecule has 0 saturated heterocycles. The summed E-state index contributed by atoms with van der Waals surface area (Å²) in [5, 5.41) is 10.2. The van der Waals surface area contributed by atoms with Gasteiger partial charge in [0.1, 0.15) is 9.79 Å². The number of hydrogen-bond donors (Lipinski definition) is 2. The van der Waals surface area contributed by atoms with Crippen molar-refractivity contribution in [2.75, 3.05) is 0 Å². The van der Waals surface area contributed by atoms with E-state index in [4.69, 9.17) is 10.3 Å². The fourth-order valence-electron chi connectivity index (χ4n) is 2.62. The summed E-state index contributed by atoms with van der Waals surface area (Å²) in [6, 6.07) is 4.29. The Kier molecular flexibility index (Phi) is 3.69. The Morgan fingerprint density at radius 3 is 2.00 bits per heavy atom. The Hall–Kier alpha value is -0.960. The molecule has 6 nitrogen and oxygen atoms in total. The van der Waals surface area contributed by atoms with E-state index in [1.807, 2.05) is 0 Å². The third kappa shape index (κ3) is 2.97. The Morgan fingerprint density at radius 2 is 1.53 bits per heavy atom. The number of nitrogens with two attached hydrogens (primary N) is 2. The summed E-state index contributed by atoms with van der Waals surface area (Å²) in [5.74, 6) is 0.0232. The van der Waals surface area contributed by atoms with Crippen LogP contribution in [-0.4, -0.2) is 16.8 Å². The molecule has 1 aromatic carbocycles. The lowest BCUT2D eigenvalue weighted by atomic mass is 9.98. The van der Waals surface area contributed by atoms with E-state index < -0.39 is 24.9 Å². The lowest BCUT2D eigenvalue weighted by Gasteiger charge is -2.16. The van der Waals surface area contributed by atoms with E-state index in [2.05, 4.69) is 0 Å². The average Bonchev–Trinajstić information content (AvgIpc) is 2.79. The van der Waals surface area contributed by atoms with E-state index in [0.717, 1.165) is 25.7 Å². The fraction of sp³-hybridized carbons (Fsp3) is 0.455. The van der Waals surface area contributed by atoms with Crippen LogP contribution in [0.4, 0.5) is 0 Å². The molecule has 2 rings (SSSR count). The molecule has 19 heavy (non-hydrogen) atoms. The van der Waals surface area contributed by atoms with Crippen molar-refractivity contribution in [2.24, 2.45) is 10.3 Å². The molecule has 1 saturated carbocycles. The highest BCUT2D eigenvalue weighted by atomic mass is 32.2. The van der Waals surface area contributed by atoms with Crippen LogP contribution in [0.1, 0.15) is 37.2 Å². The summed E-state index contributed by atoms with van der Waals surface area (Å²) in [7, 11) is -8.27. The summed E-state index contributed by atoms with van der Waals surface area (Å²) in [6.45, 7) is 0. The maximum Gasteiger partial charge on any atom is 0.239 e. The zero-order chi connectivity index (χ0) is 14.3. The molecule has 1 fully saturated rings. The van der Waals surface area contributed by atoms with Crippen LogP contribution in [0, 0.1) is 0 Å². The van der Waals surface area contributed by atoms with Crippen molar-refractivity contribution in [3.63, 3.8) is 0 Å². The van der Waals surface area contributed by atoms with Gasteiger partial charge in [-0.3, -0.25) is 0 Å². The number of hydrogen-bond acceptors (Lipinski definition) is 4. The van der Waals surface area contributed by atoms with Crippen molar-refractivity contribution in [1.82, 2.24) is 0 Å². The molecule has 0 amide bonds. The highest BCUT2D eigenvalue weighted by Crippen LogP contribution is 2.38. The predicted octanol–water partition coefficient (Wildman–Crippen LogP) is 0.639. The van der Waals surface area contributed by atoms with Crippen molar-refractivity contribution in [3.8, 4) is 0 Å². The Labute approximate surface area is 112 Å². The first kappa shape index (κ1) is 14.4. The predicted molar refractivity (Wildman–Crippen MR) is 70.4 cm³/mol. The van der Waals surface area contributed by atoms with E-state index in [1.54, 1.807) is 6.07 Å². The maximum absolute atomic E-state index is 11.7. The quantitative estimate of drug-likeness (QED) is 0.851. The van der Waals surface area contributed by atoms with Crippen LogP contribution in [0.15, 0.2) is 28.0 Å². The van der Waals surface area contributed by atoms with Gasteiger partial charge in [-0.1, -0.05) is 25.0 Å². The van der Waals surface area contributed by atoms with E-state index >= 15 is 0 Å². The minimum Gasteiger partial charge on any atom is -0.225 e. The zero-order valence-corrected chi connectivity index (χ0v) is 11.9. The molecule has 0 aromatic heterocycles. The van der Waals surface area contributed by atoms with E-state index in [-0.39, 0.29) is 10.8 Å². The van der Waals surface area contributed by atoms with Gasteiger partial charge in [0.15, 0.2) is 0 Å². The second-order valence-electron chi connectivity index (χ2n) is 4.75. The molecule has 1 aliphatic rings. The number of benzene rings is 1. The molecular formula is C11H16N2O4S2. The van der Waals surface area contributed by atoms with E-state index in [1.165, 1.54) is 12.1 Å². The van der Waals surface area contributed by atoms with Gasteiger partial charge < -0.3 is 0 Å². The number of primary sulfonamides is 2. The first-order valence-electron chi connectivity index (χ1n) is 5.90. The van der Waals surface area contributed by atoms with Gasteiger partial charge >= 0.3 is 0 Å². The molecule has 0 atom stereocenters. The van der Waals surface area contributed by atoms with Gasteiger partial charge in [-0.05, 0) is 30.4 Å². The average molecular weight is 304 g/mol. The van der Waals surface area contributed by atoms with Crippen molar-refractivity contribution in [2.45, 2.75) is 41.4 Å². The lowest BCUT2D eigenvalue weighted by molar-refractivity contribution is 0.579. The van der Waals surface area contributed by atoms with Crippen molar-refractivity contribution in [1.29, 1.82) is 0 Å². The molecule has 0 bridgehead atoms. The lowest BCUT2D eigenvalue weighted by Crippen LogP contribution is -2.23. The minimum atomic E-state index is -4.14. The van der Waals surface area contributed by atoms with Crippen molar-refractivity contribution in [3.05, 3.63) is 23.8 Å². The largest absolute Gasteiger partial charge is 0.239 e. The molecule has 0 aliphatic heterocycles. The Morgan fingerprint density at radius 1 is 0.947 bits per heavy atom. The first-order valence-corrected chi connectivity index (χ1v) is 8.99. The van der Waals surface area contributed by atoms with Crippen LogP contribution in [0.5, 0.6) is 0 Å². The summed E-state index contributed by atoms with van der Waals surface area (Å²) < 4.78 is 46.5. The maximum atomic E-state index is 11.7. The van der Waals surface area contributed by atoms with Crippen LogP contribution in [0.3, 0.4) is 0 Å². The highest BCUT2D eigenvalue weighted by Gasteiger charge is 2.29. The van der Waals surface area contributed by atoms with Crippen molar-refractivity contribution < 1.29 is 16.8 Å². The number of sulfonamides is 2. The Bertz CT molecular complexity index is 689. The third-order valence-corrected chi connectivity index (χ3v) is 5.50. The molecule has 8 heteroatoms. The van der Waals surface area contributed by atoms with Gasteiger partial charge in [0.2, 0.25) is 20.0 Å². The summed E-state index contributed by atoms with van der Waals surface area (Å²) in [6.07, 6.45) is 3.65. The first-order chi connectivity index (χ1) is 8.71. The van der Waals surface area contributed by atoms with E-state index in [9.17, 15) is 16.8 Å². The van der Waals surface area contributed by atoms with Crippen molar-refractivity contribution >= 4 is 20.0 Å². The third-order valence-electron chi connectivity index (χ3n) is 3.40. The minimum absolute atomic E-state index is 0.0232. The van der Waals surface area contributed by atoms with Gasteiger partial charge in [0.25, 0.3) is 0 Å². The van der Waals surface area contributed by atoms with Gasteiger partial charge in [-0.2, -0.15) is 0 Å². The zero-order valence-electron chi connectivity index (χ0n) is 10.2. The highest BCUT2D eigenvalue weighted by molar-refractivity contribution is 7.92. The normalized spacial score (nSPS) is 17.8. The molecule has 106 valence electrons. The molecule has 0 spiro atoms. The summed E-state index contributed by atoms with van der Waals surface area (Å²) in [4.78, 5) is -0.760. The van der Waals surface area contributed by atoms with Crippen LogP contribution >= 0.6 is 0 Å². The molecular weight excluding hydrogens is 288 g/mol. The Balaban J connectivity index is 2.75. The van der Waals surface area contributed by atoms with Crippen LogP contribution < -0.4 is 10.3 Å². The second-order valence-corrected chi connectivity index (χ2v) is 7.77. The fourth-order valence-corrected chi connectivity index (χ4v) is 4.87. The second kappa shape index (κ2) is 4.86. The van der Waals surface area contributed by atoms with Gasteiger partial charge in [-0.25, -0.2) is 27.1 Å². The number of rotatable bonds is 3. The summed E-state index contributed by atoms with van der Waals surface area (Å²) in [5.41, 5.74) is 0.464. The van der Waals surface area contributed by atoms with E-state index in [0.29, 0.717) is 5.56 Å². The molecule has 4 N–H and O–H groups in total. The molecule has 0 unspecified atom stereocenters. The smallest absolute Gasteiger partial charge is 0.225 e. The molecule has 1 aromatic rings. The van der Waals surface area contributed by atoms with Gasteiger partial charge in [0.05, 0.1) is 0 Å². The molecule has 1 aliphatic carbocycles. The van der Waals surface area contributed by atoms with Crippen LogP contribution in [-0.2, 0) is 20.0 Å². The standard InChI is InChI=1S/C11H16N2O4S2/c12-18(14,15)10-7-3-6-9(8-4-1-2-5-8)11(10)19(13,16)17/h3,6-8H,1-2,4-5H2,(H2,12,14,15)(H2,13,16,17). The topological polar surface area (TPSA) is 120 Å². The van der Waals surface area contributed by atoms with Crippen LogP contribution in [0.2, 0.25) is 0 Å². The van der Waals surface area contributed by atoms with Crippen LogP contribution in [0.25, 0.3) is 0 Å². The summed E-state index contributed by atoms with van der Waals surface area (Å²) >= 11 is 0. The van der Waals surface area contributed by atoms with Gasteiger partial charge in [0, 0.05) is 0 Å². The SMILES string of the molecule is NS(=O)(=O)c1cccc(C2CCCC2)c1S(N)(=O)=O. The monoisotopic (exact) mass is 304 g/mol. The molecule has 0 radical (unpaired) electrons.